The summed E-state index contributed by atoms with van der Waals surface area (Å²) >= 11 is 0. The number of carbonyl (C=O) groups is 2. The molecule has 0 aliphatic carbocycles. The van der Waals surface area contributed by atoms with Crippen LogP contribution in [0.25, 0.3) is 22.3 Å². The van der Waals surface area contributed by atoms with E-state index in [2.05, 4.69) is 45.9 Å². The molecule has 21 heteroatoms. The average molecular weight is 614 g/mol. The van der Waals surface area contributed by atoms with Gasteiger partial charge >= 0.3 is 6.03 Å². The van der Waals surface area contributed by atoms with Crippen LogP contribution in [0.5, 0.6) is 0 Å². The number of nitrogens with zero attached hydrogens (tertiary/aromatic N) is 6. The lowest BCUT2D eigenvalue weighted by molar-refractivity contribution is -0.123. The number of hydrogen-bond acceptors (Lipinski definition) is 14. The number of H-pyrrole nitrogens is 2. The van der Waals surface area contributed by atoms with Gasteiger partial charge in [0.25, 0.3) is 11.1 Å². The number of amides is 3. The van der Waals surface area contributed by atoms with Crippen LogP contribution in [-0.2, 0) is 14.3 Å². The summed E-state index contributed by atoms with van der Waals surface area (Å²) in [6.45, 7) is -0.164. The minimum Gasteiger partial charge on any atom is -0.386 e. The number of aromatic amines is 2. The first kappa shape index (κ1) is 27.7. The Bertz CT molecular complexity index is 1760. The number of aliphatic hydroxyl groups excluding tert-OH is 2. The highest BCUT2D eigenvalue weighted by atomic mass is 16.5. The van der Waals surface area contributed by atoms with E-state index in [-0.39, 0.29) is 53.6 Å². The van der Waals surface area contributed by atoms with Crippen LogP contribution in [0.1, 0.15) is 25.3 Å². The number of anilines is 2. The smallest absolute Gasteiger partial charge is 0.315 e. The Morgan fingerprint density at radius 3 is 1.89 bits per heavy atom. The average Bonchev–Trinajstić information content (AvgIpc) is 3.72. The molecule has 7 rings (SSSR count). The van der Waals surface area contributed by atoms with Gasteiger partial charge in [-0.1, -0.05) is 0 Å². The Morgan fingerprint density at radius 1 is 0.795 bits per heavy atom. The minimum atomic E-state index is -1.34. The monoisotopic (exact) mass is 613 g/mol. The zero-order valence-electron chi connectivity index (χ0n) is 22.6. The van der Waals surface area contributed by atoms with E-state index in [1.54, 1.807) is 0 Å². The first-order valence-corrected chi connectivity index (χ1v) is 13.5. The quantitative estimate of drug-likeness (QED) is 0.104. The molecule has 3 saturated heterocycles. The Balaban J connectivity index is 1.13. The van der Waals surface area contributed by atoms with Gasteiger partial charge in [-0.05, 0) is 6.42 Å². The number of aliphatic hydroxyl groups is 2. The van der Waals surface area contributed by atoms with Gasteiger partial charge in [0.1, 0.15) is 18.3 Å². The third-order valence-electron chi connectivity index (χ3n) is 7.94. The molecule has 0 radical (unpaired) electrons. The molecule has 3 amide bonds. The van der Waals surface area contributed by atoms with Crippen molar-refractivity contribution in [2.45, 2.75) is 61.8 Å². The number of hydrogen-bond donors (Lipinski definition) is 9. The minimum absolute atomic E-state index is 0.0240. The van der Waals surface area contributed by atoms with E-state index < -0.39 is 72.0 Å². The summed E-state index contributed by atoms with van der Waals surface area (Å²) in [6.07, 6.45) is -4.22. The van der Waals surface area contributed by atoms with Crippen LogP contribution in [-0.4, -0.2) is 104 Å². The van der Waals surface area contributed by atoms with E-state index in [0.29, 0.717) is 0 Å². The summed E-state index contributed by atoms with van der Waals surface area (Å²) in [7, 11) is 0. The molecule has 0 bridgehead atoms. The lowest BCUT2D eigenvalue weighted by Gasteiger charge is -2.26. The van der Waals surface area contributed by atoms with Crippen molar-refractivity contribution in [1.29, 1.82) is 0 Å². The maximum absolute atomic E-state index is 13.1. The normalized spacial score (nSPS) is 31.0. The molecule has 2 unspecified atom stereocenters. The molecular formula is C23H27N13O8. The largest absolute Gasteiger partial charge is 0.386 e. The van der Waals surface area contributed by atoms with Gasteiger partial charge in [-0.15, -0.1) is 0 Å². The van der Waals surface area contributed by atoms with Crippen molar-refractivity contribution in [2.75, 3.05) is 18.0 Å². The van der Waals surface area contributed by atoms with Gasteiger partial charge in [0.15, 0.2) is 34.8 Å². The second-order valence-electron chi connectivity index (χ2n) is 10.7. The number of carbonyl (C=O) groups excluding carboxylic acids is 2. The molecule has 232 valence electrons. The van der Waals surface area contributed by atoms with Gasteiger partial charge in [-0.25, -0.2) is 14.8 Å². The molecule has 21 nitrogen and oxygen atoms in total. The van der Waals surface area contributed by atoms with Gasteiger partial charge in [-0.2, -0.15) is 9.97 Å². The van der Waals surface area contributed by atoms with Gasteiger partial charge < -0.3 is 47.1 Å². The number of aromatic nitrogens is 8. The van der Waals surface area contributed by atoms with Crippen molar-refractivity contribution >= 4 is 46.2 Å². The second kappa shape index (κ2) is 10.3. The number of rotatable bonds is 2. The Labute approximate surface area is 244 Å². The Hall–Kier alpha value is -5.12. The van der Waals surface area contributed by atoms with Gasteiger partial charge in [-0.3, -0.25) is 33.5 Å². The van der Waals surface area contributed by atoms with Crippen molar-refractivity contribution in [2.24, 2.45) is 0 Å². The van der Waals surface area contributed by atoms with Crippen LogP contribution in [0.4, 0.5) is 16.7 Å². The fourth-order valence-electron chi connectivity index (χ4n) is 5.91. The van der Waals surface area contributed by atoms with E-state index >= 15 is 0 Å². The maximum Gasteiger partial charge on any atom is 0.315 e. The molecule has 0 spiro atoms. The van der Waals surface area contributed by atoms with E-state index in [1.165, 1.54) is 21.8 Å². The molecule has 4 aromatic heterocycles. The summed E-state index contributed by atoms with van der Waals surface area (Å²) in [5.41, 5.74) is 10.3. The summed E-state index contributed by atoms with van der Waals surface area (Å²) in [6, 6.07) is -2.64. The fraction of sp³-hybridized carbons (Fsp3) is 0.478. The van der Waals surface area contributed by atoms with Gasteiger partial charge in [0.05, 0.1) is 30.8 Å². The number of nitrogen functional groups attached to an aromatic ring is 2. The molecule has 0 saturated carbocycles. The molecule has 7 heterocycles. The zero-order chi connectivity index (χ0) is 30.9. The SMILES string of the molecule is Nc1nc2c(ncn2[C@@H]2O[C@@H]3CCC(=O)NC4[C@@H](CNC(=O)N[C@@H]3C2O)O[C@@H](n2cnc3c(=O)[nH]c(N)nc32)[C@H]4O)c(=O)[nH]1. The van der Waals surface area contributed by atoms with E-state index in [1.807, 2.05) is 0 Å². The van der Waals surface area contributed by atoms with Crippen molar-refractivity contribution in [1.82, 2.24) is 55.0 Å². The van der Waals surface area contributed by atoms with Crippen LogP contribution < -0.4 is 38.5 Å². The van der Waals surface area contributed by atoms with Crippen LogP contribution in [0.3, 0.4) is 0 Å². The second-order valence-corrected chi connectivity index (χ2v) is 10.7. The molecule has 3 aliphatic rings. The first-order chi connectivity index (χ1) is 21.1. The van der Waals surface area contributed by atoms with E-state index in [9.17, 15) is 29.4 Å². The highest BCUT2D eigenvalue weighted by molar-refractivity contribution is 5.77. The third-order valence-corrected chi connectivity index (χ3v) is 7.94. The highest BCUT2D eigenvalue weighted by Gasteiger charge is 2.49. The van der Waals surface area contributed by atoms with Crippen LogP contribution in [0.2, 0.25) is 0 Å². The van der Waals surface area contributed by atoms with E-state index in [0.717, 1.165) is 0 Å². The maximum atomic E-state index is 13.1. The predicted octanol–water partition coefficient (Wildman–Crippen LogP) is -4.12. The molecule has 44 heavy (non-hydrogen) atoms. The van der Waals surface area contributed by atoms with Gasteiger partial charge in [0.2, 0.25) is 17.8 Å². The number of ether oxygens (including phenoxy) is 2. The Morgan fingerprint density at radius 2 is 1.32 bits per heavy atom. The topological polar surface area (TPSA) is 308 Å². The Kier molecular flexibility index (Phi) is 6.46. The molecule has 8 atom stereocenters. The van der Waals surface area contributed by atoms with Crippen molar-refractivity contribution < 1.29 is 29.3 Å². The lowest BCUT2D eigenvalue weighted by atomic mass is 10.0. The van der Waals surface area contributed by atoms with Crippen molar-refractivity contribution in [3.8, 4) is 0 Å². The number of nitrogens with two attached hydrogens (primary N) is 2. The van der Waals surface area contributed by atoms with Crippen molar-refractivity contribution in [3.05, 3.63) is 33.4 Å². The van der Waals surface area contributed by atoms with Crippen LogP contribution in [0.15, 0.2) is 22.2 Å². The standard InChI is InChI=1S/C23H27N13O8/c24-21-31-15-11(17(40)33-21)27-4-35(15)19-13(38)9-6(43-19)1-2-8(37)29-10-7(3-26-23(42)30-9)44-20(14(10)39)36-5-28-12-16(36)32-22(25)34-18(12)41/h4-7,9-10,13-14,19-20,38-39H,1-3H2,(H,29,37)(H2,26,30,42)(H3,24,31,33,40)(H3,25,32,34,41)/t6-,7-,9+,10?,13?,14+,19-,20-/m1/s1. The fourth-order valence-corrected chi connectivity index (χ4v) is 5.91. The third kappa shape index (κ3) is 4.49. The molecule has 0 aromatic carbocycles. The van der Waals surface area contributed by atoms with E-state index in [4.69, 9.17) is 20.9 Å². The summed E-state index contributed by atoms with van der Waals surface area (Å²) in [5, 5.41) is 30.5. The molecule has 3 fully saturated rings. The zero-order valence-corrected chi connectivity index (χ0v) is 22.6. The lowest BCUT2D eigenvalue weighted by Crippen LogP contribution is -2.55. The van der Waals surface area contributed by atoms with Crippen molar-refractivity contribution in [3.63, 3.8) is 0 Å². The van der Waals surface area contributed by atoms with Gasteiger partial charge in [0, 0.05) is 13.0 Å². The first-order valence-electron chi connectivity index (χ1n) is 13.5. The summed E-state index contributed by atoms with van der Waals surface area (Å²) in [5.74, 6) is -0.786. The van der Waals surface area contributed by atoms with Crippen LogP contribution in [0, 0.1) is 0 Å². The molecule has 3 aliphatic heterocycles. The predicted molar refractivity (Wildman–Crippen MR) is 146 cm³/mol. The molecular weight excluding hydrogens is 586 g/mol. The number of imidazole rings is 2. The highest BCUT2D eigenvalue weighted by Crippen LogP contribution is 2.34. The number of fused-ring (bicyclic) bond motifs is 4. The number of nitrogens with one attached hydrogen (secondary N) is 5. The van der Waals surface area contributed by atoms with Crippen LogP contribution >= 0.6 is 0 Å². The summed E-state index contributed by atoms with van der Waals surface area (Å²) in [4.78, 5) is 71.5. The molecule has 4 aromatic rings. The molecule has 11 N–H and O–H groups in total. The number of urea groups is 1. The summed E-state index contributed by atoms with van der Waals surface area (Å²) < 4.78 is 14.8.